The zero-order valence-electron chi connectivity index (χ0n) is 23.5. The van der Waals surface area contributed by atoms with Crippen molar-refractivity contribution in [2.24, 2.45) is 17.8 Å². The van der Waals surface area contributed by atoms with E-state index in [0.29, 0.717) is 18.5 Å². The molecule has 1 spiro atoms. The number of likely N-dealkylation sites (tertiary alicyclic amines) is 1. The summed E-state index contributed by atoms with van der Waals surface area (Å²) in [5.41, 5.74) is 1.74. The lowest BCUT2D eigenvalue weighted by atomic mass is 9.66. The van der Waals surface area contributed by atoms with E-state index in [4.69, 9.17) is 4.74 Å². The van der Waals surface area contributed by atoms with Crippen LogP contribution >= 0.6 is 11.8 Å². The Morgan fingerprint density at radius 3 is 2.39 bits per heavy atom. The fraction of sp³-hybridized carbons (Fsp3) is 0.690. The maximum atomic E-state index is 14.2. The van der Waals surface area contributed by atoms with E-state index >= 15 is 0 Å². The fourth-order valence-corrected chi connectivity index (χ4v) is 9.35. The molecule has 2 N–H and O–H groups in total. The summed E-state index contributed by atoms with van der Waals surface area (Å²) in [5.74, 6) is -1.87. The lowest BCUT2D eigenvalue weighted by molar-refractivity contribution is -0.155. The highest BCUT2D eigenvalue weighted by molar-refractivity contribution is 8.02. The number of hydrogen-bond acceptors (Lipinski definition) is 7. The van der Waals surface area contributed by atoms with Gasteiger partial charge in [-0.25, -0.2) is 0 Å². The number of hydrogen-bond donors (Lipinski definition) is 2. The SMILES string of the molecule is CCOC(=O)[C@H]1[C@H]2C(=O)N([C@@H](CO)CC(C)C)C(C(=O)Nc3ccc(N(CC)CC)cc3)C23CC[C@]1(C)S3. The number of nitrogens with one attached hydrogen (secondary N) is 1. The highest BCUT2D eigenvalue weighted by Crippen LogP contribution is 2.71. The Morgan fingerprint density at radius 2 is 1.84 bits per heavy atom. The summed E-state index contributed by atoms with van der Waals surface area (Å²) < 4.78 is 4.25. The molecular weight excluding hydrogens is 502 g/mol. The molecule has 3 fully saturated rings. The first-order valence-electron chi connectivity index (χ1n) is 14.0. The average Bonchev–Trinajstić information content (AvgIpc) is 3.45. The molecule has 0 saturated carbocycles. The number of aliphatic hydroxyl groups is 1. The van der Waals surface area contributed by atoms with Gasteiger partial charge in [-0.1, -0.05) is 13.8 Å². The number of esters is 1. The monoisotopic (exact) mass is 545 g/mol. The number of anilines is 2. The Kier molecular flexibility index (Phi) is 8.38. The van der Waals surface area contributed by atoms with Gasteiger partial charge in [0.2, 0.25) is 11.8 Å². The number of amides is 2. The smallest absolute Gasteiger partial charge is 0.311 e. The standard InChI is InChI=1S/C29H43N3O5S/c1-7-31(8-2)20-12-10-19(11-13-20)30-25(34)24-29-15-14-28(6,38-29)23(27(36)37-9-3)22(29)26(35)32(24)21(17-33)16-18(4)5/h10-13,18,21-24,33H,7-9,14-17H2,1-6H3,(H,30,34)/t21-,22+,23-,24?,28+,29?/m1/s1. The number of aliphatic hydroxyl groups excluding tert-OH is 1. The second kappa shape index (κ2) is 11.1. The molecular formula is C29H43N3O5S. The molecule has 3 aliphatic rings. The van der Waals surface area contributed by atoms with Crippen LogP contribution in [-0.2, 0) is 19.1 Å². The summed E-state index contributed by atoms with van der Waals surface area (Å²) in [7, 11) is 0. The molecule has 9 heteroatoms. The highest BCUT2D eigenvalue weighted by atomic mass is 32.2. The van der Waals surface area contributed by atoms with Crippen molar-refractivity contribution < 1.29 is 24.2 Å². The maximum absolute atomic E-state index is 14.2. The molecule has 38 heavy (non-hydrogen) atoms. The van der Waals surface area contributed by atoms with Gasteiger partial charge >= 0.3 is 5.97 Å². The summed E-state index contributed by atoms with van der Waals surface area (Å²) >= 11 is 1.62. The first kappa shape index (κ1) is 28.7. The van der Waals surface area contributed by atoms with E-state index in [9.17, 15) is 19.5 Å². The molecule has 210 valence electrons. The van der Waals surface area contributed by atoms with Crippen LogP contribution in [0.2, 0.25) is 0 Å². The van der Waals surface area contributed by atoms with Crippen LogP contribution < -0.4 is 10.2 Å². The fourth-order valence-electron chi connectivity index (χ4n) is 7.02. The molecule has 1 aromatic rings. The van der Waals surface area contributed by atoms with E-state index < -0.39 is 33.4 Å². The molecule has 0 radical (unpaired) electrons. The Balaban J connectivity index is 1.71. The van der Waals surface area contributed by atoms with Crippen LogP contribution in [0, 0.1) is 17.8 Å². The minimum Gasteiger partial charge on any atom is -0.466 e. The third-order valence-corrected chi connectivity index (χ3v) is 10.6. The van der Waals surface area contributed by atoms with Crippen molar-refractivity contribution in [1.29, 1.82) is 0 Å². The number of nitrogens with zero attached hydrogens (tertiary/aromatic N) is 2. The van der Waals surface area contributed by atoms with Gasteiger partial charge in [-0.15, -0.1) is 11.8 Å². The highest BCUT2D eigenvalue weighted by Gasteiger charge is 2.78. The predicted molar refractivity (Wildman–Crippen MR) is 151 cm³/mol. The molecule has 2 bridgehead atoms. The third-order valence-electron chi connectivity index (χ3n) is 8.61. The summed E-state index contributed by atoms with van der Waals surface area (Å²) in [6.45, 7) is 13.9. The molecule has 3 saturated heterocycles. The first-order chi connectivity index (χ1) is 18.1. The lowest BCUT2D eigenvalue weighted by Crippen LogP contribution is -2.55. The van der Waals surface area contributed by atoms with E-state index in [1.54, 1.807) is 23.6 Å². The van der Waals surface area contributed by atoms with Crippen molar-refractivity contribution in [2.75, 3.05) is 36.5 Å². The number of carbonyl (C=O) groups is 3. The zero-order valence-corrected chi connectivity index (χ0v) is 24.3. The van der Waals surface area contributed by atoms with E-state index in [0.717, 1.165) is 25.2 Å². The van der Waals surface area contributed by atoms with Gasteiger partial charge in [-0.3, -0.25) is 14.4 Å². The lowest BCUT2D eigenvalue weighted by Gasteiger charge is -2.37. The summed E-state index contributed by atoms with van der Waals surface area (Å²) in [6.07, 6.45) is 1.96. The van der Waals surface area contributed by atoms with Gasteiger partial charge in [0, 0.05) is 29.2 Å². The number of benzene rings is 1. The molecule has 8 nitrogen and oxygen atoms in total. The Bertz CT molecular complexity index is 1050. The second-order valence-corrected chi connectivity index (χ2v) is 13.3. The molecule has 0 aliphatic carbocycles. The van der Waals surface area contributed by atoms with E-state index in [1.807, 2.05) is 45.0 Å². The number of carbonyl (C=O) groups excluding carboxylic acids is 3. The van der Waals surface area contributed by atoms with Crippen molar-refractivity contribution in [2.45, 2.75) is 82.4 Å². The third kappa shape index (κ3) is 4.70. The van der Waals surface area contributed by atoms with Gasteiger partial charge in [0.25, 0.3) is 0 Å². The summed E-state index contributed by atoms with van der Waals surface area (Å²) in [4.78, 5) is 45.3. The molecule has 0 aromatic heterocycles. The second-order valence-electron chi connectivity index (χ2n) is 11.4. The zero-order chi connectivity index (χ0) is 27.8. The van der Waals surface area contributed by atoms with Gasteiger partial charge in [0.05, 0.1) is 35.8 Å². The summed E-state index contributed by atoms with van der Waals surface area (Å²) in [6, 6.07) is 6.47. The van der Waals surface area contributed by atoms with Crippen molar-refractivity contribution >= 4 is 40.9 Å². The van der Waals surface area contributed by atoms with Crippen LogP contribution in [0.4, 0.5) is 11.4 Å². The molecule has 4 rings (SSSR count). The minimum absolute atomic E-state index is 0.212. The van der Waals surface area contributed by atoms with Crippen molar-refractivity contribution in [3.8, 4) is 0 Å². The molecule has 2 amide bonds. The van der Waals surface area contributed by atoms with Gasteiger partial charge in [-0.2, -0.15) is 0 Å². The van der Waals surface area contributed by atoms with Crippen molar-refractivity contribution in [3.63, 3.8) is 0 Å². The van der Waals surface area contributed by atoms with E-state index in [2.05, 4.69) is 24.1 Å². The van der Waals surface area contributed by atoms with Crippen LogP contribution in [0.1, 0.15) is 60.8 Å². The Labute approximate surface area is 230 Å². The largest absolute Gasteiger partial charge is 0.466 e. The van der Waals surface area contributed by atoms with Crippen molar-refractivity contribution in [1.82, 2.24) is 4.90 Å². The van der Waals surface area contributed by atoms with Gasteiger partial charge in [0.15, 0.2) is 0 Å². The minimum atomic E-state index is -0.787. The Hall–Kier alpha value is -2.26. The van der Waals surface area contributed by atoms with Crippen LogP contribution in [0.3, 0.4) is 0 Å². The van der Waals surface area contributed by atoms with Gasteiger partial charge in [0.1, 0.15) is 6.04 Å². The Morgan fingerprint density at radius 1 is 1.18 bits per heavy atom. The topological polar surface area (TPSA) is 99.2 Å². The van der Waals surface area contributed by atoms with E-state index in [1.165, 1.54) is 0 Å². The van der Waals surface area contributed by atoms with Crippen molar-refractivity contribution in [3.05, 3.63) is 24.3 Å². The van der Waals surface area contributed by atoms with E-state index in [-0.39, 0.29) is 36.9 Å². The molecule has 3 aliphatic heterocycles. The molecule has 1 aromatic carbocycles. The van der Waals surface area contributed by atoms with Gasteiger partial charge < -0.3 is 25.0 Å². The summed E-state index contributed by atoms with van der Waals surface area (Å²) in [5, 5.41) is 13.5. The number of ether oxygens (including phenoxy) is 1. The molecule has 2 unspecified atom stereocenters. The van der Waals surface area contributed by atoms with Crippen LogP contribution in [0.15, 0.2) is 24.3 Å². The number of fused-ring (bicyclic) bond motifs is 1. The molecule has 3 heterocycles. The maximum Gasteiger partial charge on any atom is 0.311 e. The normalized spacial score (nSPS) is 30.5. The quantitative estimate of drug-likeness (QED) is 0.407. The number of rotatable bonds is 11. The van der Waals surface area contributed by atoms with Crippen LogP contribution in [0.25, 0.3) is 0 Å². The van der Waals surface area contributed by atoms with Crippen LogP contribution in [-0.4, -0.2) is 75.7 Å². The number of thioether (sulfide) groups is 1. The predicted octanol–water partition coefficient (Wildman–Crippen LogP) is 3.92. The van der Waals surface area contributed by atoms with Gasteiger partial charge in [-0.05, 0) is 77.1 Å². The molecule has 6 atom stereocenters. The van der Waals surface area contributed by atoms with Crippen LogP contribution in [0.5, 0.6) is 0 Å². The average molecular weight is 546 g/mol. The first-order valence-corrected chi connectivity index (χ1v) is 14.8.